The van der Waals surface area contributed by atoms with E-state index in [0.717, 1.165) is 43.5 Å². The van der Waals surface area contributed by atoms with Crippen molar-refractivity contribution in [1.29, 1.82) is 0 Å². The first-order valence-electron chi connectivity index (χ1n) is 10.9. The van der Waals surface area contributed by atoms with Gasteiger partial charge >= 0.3 is 0 Å². The summed E-state index contributed by atoms with van der Waals surface area (Å²) in [5.74, 6) is -0.187. The largest absolute Gasteiger partial charge is 0.355 e. The van der Waals surface area contributed by atoms with Crippen molar-refractivity contribution < 1.29 is 13.2 Å². The first-order valence-corrected chi connectivity index (χ1v) is 13.1. The third-order valence-corrected chi connectivity index (χ3v) is 9.00. The van der Waals surface area contributed by atoms with Gasteiger partial charge in [-0.05, 0) is 57.1 Å². The molecule has 1 aromatic heterocycles. The van der Waals surface area contributed by atoms with Crippen LogP contribution >= 0.6 is 11.3 Å². The van der Waals surface area contributed by atoms with E-state index in [4.69, 9.17) is 4.98 Å². The van der Waals surface area contributed by atoms with Gasteiger partial charge in [-0.2, -0.15) is 4.31 Å². The molecule has 0 saturated carbocycles. The summed E-state index contributed by atoms with van der Waals surface area (Å²) in [5.41, 5.74) is 1.27. The number of thiazole rings is 1. The van der Waals surface area contributed by atoms with Crippen molar-refractivity contribution in [3.63, 3.8) is 0 Å². The molecule has 1 N–H and O–H groups in total. The van der Waals surface area contributed by atoms with Crippen LogP contribution in [0.5, 0.6) is 0 Å². The van der Waals surface area contributed by atoms with E-state index in [-0.39, 0.29) is 10.8 Å². The SMILES string of the molecule is O=C(NCCCc1nc2c(s1)CCCC2)C1CCCCN1S(=O)(=O)c1ccccc1. The average molecular weight is 448 g/mol. The van der Waals surface area contributed by atoms with E-state index in [1.165, 1.54) is 27.7 Å². The van der Waals surface area contributed by atoms with E-state index >= 15 is 0 Å². The highest BCUT2D eigenvalue weighted by Gasteiger charge is 2.37. The van der Waals surface area contributed by atoms with Crippen LogP contribution in [0.25, 0.3) is 0 Å². The molecule has 2 heterocycles. The smallest absolute Gasteiger partial charge is 0.243 e. The van der Waals surface area contributed by atoms with E-state index in [0.29, 0.717) is 19.5 Å². The predicted molar refractivity (Wildman–Crippen MR) is 118 cm³/mol. The fourth-order valence-corrected chi connectivity index (χ4v) is 7.14. The highest BCUT2D eigenvalue weighted by atomic mass is 32.2. The molecule has 1 aliphatic heterocycles. The molecule has 1 aliphatic carbocycles. The molecule has 0 bridgehead atoms. The molecular weight excluding hydrogens is 418 g/mol. The standard InChI is InChI=1S/C22H29N3O3S2/c26-22(23-15-8-14-21-24-18-11-4-5-13-20(18)29-21)19-12-6-7-16-25(19)30(27,28)17-9-2-1-3-10-17/h1-3,9-10,19H,4-8,11-16H2,(H,23,26). The van der Waals surface area contributed by atoms with Crippen LogP contribution in [0.15, 0.2) is 35.2 Å². The van der Waals surface area contributed by atoms with Gasteiger partial charge in [0, 0.05) is 24.4 Å². The quantitative estimate of drug-likeness (QED) is 0.661. The number of nitrogens with zero attached hydrogens (tertiary/aromatic N) is 2. The lowest BCUT2D eigenvalue weighted by Crippen LogP contribution is -2.51. The Balaban J connectivity index is 1.33. The average Bonchev–Trinajstić information content (AvgIpc) is 3.20. The predicted octanol–water partition coefficient (Wildman–Crippen LogP) is 3.31. The van der Waals surface area contributed by atoms with Crippen molar-refractivity contribution in [2.45, 2.75) is 68.7 Å². The van der Waals surface area contributed by atoms with Crippen molar-refractivity contribution in [3.05, 3.63) is 45.9 Å². The van der Waals surface area contributed by atoms with Crippen molar-refractivity contribution in [2.24, 2.45) is 0 Å². The molecule has 1 atom stereocenters. The van der Waals surface area contributed by atoms with Gasteiger partial charge in [0.15, 0.2) is 0 Å². The second-order valence-corrected chi connectivity index (χ2v) is 11.1. The van der Waals surface area contributed by atoms with Gasteiger partial charge in [-0.25, -0.2) is 13.4 Å². The molecule has 2 aliphatic rings. The van der Waals surface area contributed by atoms with Crippen LogP contribution < -0.4 is 5.32 Å². The van der Waals surface area contributed by atoms with Gasteiger partial charge in [-0.3, -0.25) is 4.79 Å². The lowest BCUT2D eigenvalue weighted by atomic mass is 10.0. The number of hydrogen-bond acceptors (Lipinski definition) is 5. The molecule has 1 fully saturated rings. The molecule has 1 saturated heterocycles. The van der Waals surface area contributed by atoms with Crippen molar-refractivity contribution in [1.82, 2.24) is 14.6 Å². The number of rotatable bonds is 7. The minimum atomic E-state index is -3.67. The summed E-state index contributed by atoms with van der Waals surface area (Å²) in [6.45, 7) is 0.929. The molecule has 1 aromatic carbocycles. The summed E-state index contributed by atoms with van der Waals surface area (Å²) in [5, 5.41) is 4.12. The molecule has 0 spiro atoms. The summed E-state index contributed by atoms with van der Waals surface area (Å²) in [4.78, 5) is 19.3. The maximum absolute atomic E-state index is 13.1. The van der Waals surface area contributed by atoms with Gasteiger partial charge in [0.1, 0.15) is 6.04 Å². The molecule has 1 amide bonds. The zero-order chi connectivity index (χ0) is 21.0. The van der Waals surface area contributed by atoms with Gasteiger partial charge in [-0.15, -0.1) is 11.3 Å². The minimum absolute atomic E-state index is 0.187. The molecule has 4 rings (SSSR count). The molecule has 2 aromatic rings. The number of carbonyl (C=O) groups excluding carboxylic acids is 1. The van der Waals surface area contributed by atoms with Crippen molar-refractivity contribution in [3.8, 4) is 0 Å². The first kappa shape index (κ1) is 21.5. The number of fused-ring (bicyclic) bond motifs is 1. The normalized spacial score (nSPS) is 19.9. The monoisotopic (exact) mass is 447 g/mol. The van der Waals surface area contributed by atoms with E-state index in [9.17, 15) is 13.2 Å². The van der Waals surface area contributed by atoms with E-state index in [2.05, 4.69) is 5.32 Å². The van der Waals surface area contributed by atoms with Crippen LogP contribution in [-0.2, 0) is 34.1 Å². The highest BCUT2D eigenvalue weighted by Crippen LogP contribution is 2.27. The van der Waals surface area contributed by atoms with Crippen LogP contribution in [0, 0.1) is 0 Å². The summed E-state index contributed by atoms with van der Waals surface area (Å²) in [7, 11) is -3.67. The number of amides is 1. The lowest BCUT2D eigenvalue weighted by molar-refractivity contribution is -0.125. The minimum Gasteiger partial charge on any atom is -0.355 e. The Hall–Kier alpha value is -1.77. The third-order valence-electron chi connectivity index (χ3n) is 5.86. The Morgan fingerprint density at radius 2 is 1.93 bits per heavy atom. The van der Waals surface area contributed by atoms with Gasteiger partial charge in [0.2, 0.25) is 15.9 Å². The molecule has 162 valence electrons. The Morgan fingerprint density at radius 3 is 2.73 bits per heavy atom. The maximum atomic E-state index is 13.1. The van der Waals surface area contributed by atoms with Crippen LogP contribution in [0.3, 0.4) is 0 Å². The van der Waals surface area contributed by atoms with E-state index in [1.807, 2.05) is 11.3 Å². The third kappa shape index (κ3) is 4.76. The summed E-state index contributed by atoms with van der Waals surface area (Å²) in [6, 6.07) is 7.76. The Bertz CT molecular complexity index is 949. The maximum Gasteiger partial charge on any atom is 0.243 e. The van der Waals surface area contributed by atoms with Crippen LogP contribution in [-0.4, -0.2) is 42.7 Å². The van der Waals surface area contributed by atoms with E-state index < -0.39 is 16.1 Å². The zero-order valence-corrected chi connectivity index (χ0v) is 18.8. The lowest BCUT2D eigenvalue weighted by Gasteiger charge is -2.33. The Labute approximate surface area is 182 Å². The van der Waals surface area contributed by atoms with Gasteiger partial charge < -0.3 is 5.32 Å². The molecule has 1 unspecified atom stereocenters. The fraction of sp³-hybridized carbons (Fsp3) is 0.545. The number of piperidine rings is 1. The van der Waals surface area contributed by atoms with Gasteiger partial charge in [0.25, 0.3) is 0 Å². The summed E-state index contributed by atoms with van der Waals surface area (Å²) < 4.78 is 27.5. The molecular formula is C22H29N3O3S2. The summed E-state index contributed by atoms with van der Waals surface area (Å²) in [6.07, 6.45) is 8.62. The zero-order valence-electron chi connectivity index (χ0n) is 17.2. The number of hydrogen-bond donors (Lipinski definition) is 1. The second-order valence-electron chi connectivity index (χ2n) is 8.02. The Kier molecular flexibility index (Phi) is 6.85. The number of benzene rings is 1. The molecule has 6 nitrogen and oxygen atoms in total. The number of sulfonamides is 1. The summed E-state index contributed by atoms with van der Waals surface area (Å²) >= 11 is 1.81. The number of nitrogens with one attached hydrogen (secondary N) is 1. The second kappa shape index (κ2) is 9.58. The van der Waals surface area contributed by atoms with Crippen molar-refractivity contribution >= 4 is 27.3 Å². The molecule has 8 heteroatoms. The van der Waals surface area contributed by atoms with Gasteiger partial charge in [-0.1, -0.05) is 24.6 Å². The van der Waals surface area contributed by atoms with Crippen LogP contribution in [0.2, 0.25) is 0 Å². The fourth-order valence-electron chi connectivity index (χ4n) is 4.26. The molecule has 30 heavy (non-hydrogen) atoms. The Morgan fingerprint density at radius 1 is 1.13 bits per heavy atom. The topological polar surface area (TPSA) is 79.4 Å². The molecule has 0 radical (unpaired) electrons. The van der Waals surface area contributed by atoms with E-state index in [1.54, 1.807) is 30.3 Å². The van der Waals surface area contributed by atoms with Crippen LogP contribution in [0.1, 0.15) is 54.1 Å². The van der Waals surface area contributed by atoms with Gasteiger partial charge in [0.05, 0.1) is 15.6 Å². The first-order chi connectivity index (χ1) is 14.6. The van der Waals surface area contributed by atoms with Crippen molar-refractivity contribution in [2.75, 3.05) is 13.1 Å². The number of carbonyl (C=O) groups is 1. The number of aromatic nitrogens is 1. The van der Waals surface area contributed by atoms with Crippen LogP contribution in [0.4, 0.5) is 0 Å². The number of aryl methyl sites for hydroxylation is 3. The highest BCUT2D eigenvalue weighted by molar-refractivity contribution is 7.89.